The smallest absolute Gasteiger partial charge is 0.230 e. The molecule has 2 rings (SSSR count). The highest BCUT2D eigenvalue weighted by molar-refractivity contribution is 8.04. The van der Waals surface area contributed by atoms with E-state index >= 15 is 0 Å². The molecule has 3 nitrogen and oxygen atoms in total. The fraction of sp³-hybridized carbons (Fsp3) is 0.781. The zero-order chi connectivity index (χ0) is 27.8. The molecule has 0 aromatic heterocycles. The molecule has 0 bridgehead atoms. The molecule has 1 aromatic rings. The zero-order valence-corrected chi connectivity index (χ0v) is 27.2. The first-order valence-corrected chi connectivity index (χ1v) is 16.6. The lowest BCUT2D eigenvalue weighted by molar-refractivity contribution is -0.118. The van der Waals surface area contributed by atoms with E-state index < -0.39 is 0 Å². The molecule has 0 aliphatic heterocycles. The number of rotatable bonds is 12. The number of benzene rings is 1. The molecule has 2 atom stereocenters. The van der Waals surface area contributed by atoms with E-state index in [4.69, 9.17) is 0 Å². The van der Waals surface area contributed by atoms with Gasteiger partial charge in [-0.1, -0.05) is 60.5 Å². The Kier molecular flexibility index (Phi) is 12.9. The van der Waals surface area contributed by atoms with E-state index in [0.29, 0.717) is 28.3 Å². The van der Waals surface area contributed by atoms with Crippen LogP contribution in [-0.2, 0) is 15.6 Å². The molecule has 1 aliphatic carbocycles. The molecule has 0 spiro atoms. The maximum atomic E-state index is 12.6. The normalized spacial score (nSPS) is 19.2. The third-order valence-corrected chi connectivity index (χ3v) is 10.5. The van der Waals surface area contributed by atoms with Crippen molar-refractivity contribution in [1.29, 1.82) is 0 Å². The van der Waals surface area contributed by atoms with Crippen molar-refractivity contribution in [3.63, 3.8) is 0 Å². The van der Waals surface area contributed by atoms with Crippen LogP contribution in [0, 0.1) is 0 Å². The van der Waals surface area contributed by atoms with Gasteiger partial charge >= 0.3 is 0 Å². The fourth-order valence-corrected chi connectivity index (χ4v) is 7.96. The molecule has 0 heterocycles. The average Bonchev–Trinajstić information content (AvgIpc) is 2.79. The molecule has 1 amide bonds. The Bertz CT molecular complexity index is 798. The molecule has 1 N–H and O–H groups in total. The van der Waals surface area contributed by atoms with Crippen molar-refractivity contribution < 1.29 is 4.79 Å². The maximum absolute atomic E-state index is 12.6. The average molecular weight is 549 g/mol. The monoisotopic (exact) mass is 548 g/mol. The summed E-state index contributed by atoms with van der Waals surface area (Å²) in [6.45, 7) is 24.8. The third-order valence-electron chi connectivity index (χ3n) is 7.49. The molecule has 37 heavy (non-hydrogen) atoms. The highest BCUT2D eigenvalue weighted by Crippen LogP contribution is 2.42. The minimum atomic E-state index is 0.136. The van der Waals surface area contributed by atoms with Crippen molar-refractivity contribution >= 4 is 29.4 Å². The molecule has 1 aliphatic rings. The van der Waals surface area contributed by atoms with E-state index in [-0.39, 0.29) is 16.7 Å². The van der Waals surface area contributed by atoms with Crippen molar-refractivity contribution in [3.05, 3.63) is 29.3 Å². The first kappa shape index (κ1) is 32.6. The second-order valence-corrected chi connectivity index (χ2v) is 16.1. The molecule has 1 fully saturated rings. The third kappa shape index (κ3) is 11.2. The van der Waals surface area contributed by atoms with E-state index in [1.165, 1.54) is 41.7 Å². The summed E-state index contributed by atoms with van der Waals surface area (Å²) in [6.07, 6.45) is 7.24. The lowest BCUT2D eigenvalue weighted by atomic mass is 9.81. The van der Waals surface area contributed by atoms with Crippen LogP contribution in [0.2, 0.25) is 0 Å². The van der Waals surface area contributed by atoms with Crippen LogP contribution < -0.4 is 5.32 Å². The molecule has 1 aromatic carbocycles. The van der Waals surface area contributed by atoms with E-state index in [9.17, 15) is 4.79 Å². The van der Waals surface area contributed by atoms with Crippen LogP contribution >= 0.6 is 23.5 Å². The lowest BCUT2D eigenvalue weighted by Crippen LogP contribution is -2.38. The first-order valence-electron chi connectivity index (χ1n) is 14.6. The van der Waals surface area contributed by atoms with Crippen molar-refractivity contribution in [2.75, 3.05) is 18.8 Å². The van der Waals surface area contributed by atoms with Crippen LogP contribution in [0.5, 0.6) is 0 Å². The van der Waals surface area contributed by atoms with Gasteiger partial charge in [-0.05, 0) is 94.0 Å². The van der Waals surface area contributed by atoms with Crippen molar-refractivity contribution in [1.82, 2.24) is 10.2 Å². The number of unbranched alkanes of at least 4 members (excludes halogenated alkanes) is 1. The van der Waals surface area contributed by atoms with Crippen molar-refractivity contribution in [2.24, 2.45) is 0 Å². The minimum Gasteiger partial charge on any atom is -0.355 e. The van der Waals surface area contributed by atoms with E-state index in [2.05, 4.69) is 109 Å². The van der Waals surface area contributed by atoms with Crippen molar-refractivity contribution in [3.8, 4) is 0 Å². The standard InChI is InChI=1S/C32H56N2OS2/c1-23(2)34(24(3)4)18-14-13-17-33-30(35)22-36-28-15-11-12-16-29(28)37-27-20-25(31(5,6)7)19-26(21-27)32(8,9)10/h19-21,23-24,28-29H,11-18,22H2,1-10H3,(H,33,35)/t28-,29-/m1/s1. The quantitative estimate of drug-likeness (QED) is 0.266. The van der Waals surface area contributed by atoms with E-state index in [1.54, 1.807) is 0 Å². The number of amides is 1. The summed E-state index contributed by atoms with van der Waals surface area (Å²) < 4.78 is 0. The fourth-order valence-electron chi connectivity index (χ4n) is 5.09. The second-order valence-electron chi connectivity index (χ2n) is 13.5. The van der Waals surface area contributed by atoms with Gasteiger partial charge in [-0.15, -0.1) is 23.5 Å². The van der Waals surface area contributed by atoms with Crippen LogP contribution in [0.3, 0.4) is 0 Å². The van der Waals surface area contributed by atoms with Gasteiger partial charge in [0.05, 0.1) is 5.75 Å². The highest BCUT2D eigenvalue weighted by atomic mass is 32.2. The van der Waals surface area contributed by atoms with Crippen LogP contribution in [-0.4, -0.2) is 52.2 Å². The number of carbonyl (C=O) groups is 1. The summed E-state index contributed by atoms with van der Waals surface area (Å²) >= 11 is 3.95. The van der Waals surface area contributed by atoms with Gasteiger partial charge in [-0.3, -0.25) is 9.69 Å². The SMILES string of the molecule is CC(C)N(CCCCNC(=O)CS[C@@H]1CCCC[C@H]1Sc1cc(C(C)(C)C)cc(C(C)(C)C)c1)C(C)C. The van der Waals surface area contributed by atoms with Gasteiger partial charge in [-0.2, -0.15) is 0 Å². The van der Waals surface area contributed by atoms with Crippen LogP contribution in [0.1, 0.15) is 119 Å². The molecule has 0 radical (unpaired) electrons. The summed E-state index contributed by atoms with van der Waals surface area (Å²) in [5, 5.41) is 4.31. The predicted molar refractivity (Wildman–Crippen MR) is 167 cm³/mol. The lowest BCUT2D eigenvalue weighted by Gasteiger charge is -2.32. The summed E-state index contributed by atoms with van der Waals surface area (Å²) in [4.78, 5) is 16.6. The molecular formula is C32H56N2OS2. The Morgan fingerprint density at radius 3 is 1.95 bits per heavy atom. The summed E-state index contributed by atoms with van der Waals surface area (Å²) in [5.41, 5.74) is 3.12. The van der Waals surface area contributed by atoms with Gasteiger partial charge in [0.1, 0.15) is 0 Å². The number of nitrogens with zero attached hydrogens (tertiary/aromatic N) is 1. The minimum absolute atomic E-state index is 0.136. The van der Waals surface area contributed by atoms with Gasteiger partial charge in [0, 0.05) is 34.0 Å². The molecular weight excluding hydrogens is 492 g/mol. The van der Waals surface area contributed by atoms with Crippen LogP contribution in [0.4, 0.5) is 0 Å². The largest absolute Gasteiger partial charge is 0.355 e. The zero-order valence-electron chi connectivity index (χ0n) is 25.6. The van der Waals surface area contributed by atoms with Crippen molar-refractivity contribution in [2.45, 2.75) is 146 Å². The van der Waals surface area contributed by atoms with Gasteiger partial charge in [0.2, 0.25) is 5.91 Å². The summed E-state index contributed by atoms with van der Waals surface area (Å²) in [7, 11) is 0. The number of nitrogens with one attached hydrogen (secondary N) is 1. The van der Waals surface area contributed by atoms with Crippen LogP contribution in [0.15, 0.2) is 23.1 Å². The van der Waals surface area contributed by atoms with Crippen LogP contribution in [0.25, 0.3) is 0 Å². The molecule has 5 heteroatoms. The second kappa shape index (κ2) is 14.7. The predicted octanol–water partition coefficient (Wildman–Crippen LogP) is 8.43. The highest BCUT2D eigenvalue weighted by Gasteiger charge is 2.28. The Balaban J connectivity index is 1.90. The van der Waals surface area contributed by atoms with Gasteiger partial charge < -0.3 is 5.32 Å². The first-order chi connectivity index (χ1) is 17.2. The molecule has 0 unspecified atom stereocenters. The van der Waals surface area contributed by atoms with Gasteiger partial charge in [-0.25, -0.2) is 0 Å². The molecule has 1 saturated carbocycles. The number of hydrogen-bond acceptors (Lipinski definition) is 4. The van der Waals surface area contributed by atoms with Gasteiger partial charge in [0.25, 0.3) is 0 Å². The topological polar surface area (TPSA) is 32.3 Å². The van der Waals surface area contributed by atoms with Gasteiger partial charge in [0.15, 0.2) is 0 Å². The Morgan fingerprint density at radius 1 is 0.892 bits per heavy atom. The number of carbonyl (C=O) groups excluding carboxylic acids is 1. The number of thioether (sulfide) groups is 2. The Labute approximate surface area is 238 Å². The number of hydrogen-bond donors (Lipinski definition) is 1. The summed E-state index contributed by atoms with van der Waals surface area (Å²) in [6, 6.07) is 8.39. The maximum Gasteiger partial charge on any atom is 0.230 e. The molecule has 212 valence electrons. The Morgan fingerprint density at radius 2 is 1.43 bits per heavy atom. The Hall–Kier alpha value is -0.650. The summed E-state index contributed by atoms with van der Waals surface area (Å²) in [5.74, 6) is 0.787. The van der Waals surface area contributed by atoms with E-state index in [0.717, 1.165) is 25.9 Å². The molecule has 0 saturated heterocycles. The van der Waals surface area contributed by atoms with E-state index in [1.807, 2.05) is 11.8 Å².